The van der Waals surface area contributed by atoms with Crippen LogP contribution in [0.1, 0.15) is 28.6 Å². The molecule has 3 nitrogen and oxygen atoms in total. The van der Waals surface area contributed by atoms with Crippen molar-refractivity contribution >= 4 is 0 Å². The van der Waals surface area contributed by atoms with E-state index in [1.54, 1.807) is 0 Å². The molecule has 0 fully saturated rings. The minimum Gasteiger partial charge on any atom is -0.308 e. The third kappa shape index (κ3) is 2.68. The van der Waals surface area contributed by atoms with Crippen molar-refractivity contribution in [1.82, 2.24) is 15.3 Å². The van der Waals surface area contributed by atoms with E-state index < -0.39 is 0 Å². The second-order valence-electron chi connectivity index (χ2n) is 4.21. The summed E-state index contributed by atoms with van der Waals surface area (Å²) in [6, 6.07) is 8.32. The predicted octanol–water partition coefficient (Wildman–Crippen LogP) is 2.40. The van der Waals surface area contributed by atoms with Gasteiger partial charge in [-0.3, -0.25) is 9.97 Å². The molecule has 0 aliphatic heterocycles. The lowest BCUT2D eigenvalue weighted by atomic mass is 10.0. The predicted molar refractivity (Wildman–Crippen MR) is 68.9 cm³/mol. The zero-order valence-electron chi connectivity index (χ0n) is 10.4. The molecule has 1 unspecified atom stereocenters. The van der Waals surface area contributed by atoms with Gasteiger partial charge in [-0.1, -0.05) is 6.07 Å². The van der Waals surface area contributed by atoms with Crippen LogP contribution in [0.3, 0.4) is 0 Å². The van der Waals surface area contributed by atoms with Gasteiger partial charge in [0.25, 0.3) is 0 Å². The van der Waals surface area contributed by atoms with E-state index in [1.807, 2.05) is 38.5 Å². The maximum absolute atomic E-state index is 4.42. The number of hydrogen-bond acceptors (Lipinski definition) is 3. The van der Waals surface area contributed by atoms with E-state index >= 15 is 0 Å². The first-order valence-electron chi connectivity index (χ1n) is 5.73. The van der Waals surface area contributed by atoms with Gasteiger partial charge < -0.3 is 5.32 Å². The lowest BCUT2D eigenvalue weighted by Crippen LogP contribution is -2.19. The molecule has 1 N–H and O–H groups in total. The Morgan fingerprint density at radius 1 is 1.12 bits per heavy atom. The number of rotatable bonds is 3. The molecular formula is C14H17N3. The van der Waals surface area contributed by atoms with E-state index in [2.05, 4.69) is 34.3 Å². The fourth-order valence-corrected chi connectivity index (χ4v) is 1.85. The minimum atomic E-state index is 0.1000. The summed E-state index contributed by atoms with van der Waals surface area (Å²) in [4.78, 5) is 8.75. The highest BCUT2D eigenvalue weighted by molar-refractivity contribution is 5.28. The van der Waals surface area contributed by atoms with E-state index in [9.17, 15) is 0 Å². The number of nitrogens with one attached hydrogen (secondary N) is 1. The Balaban J connectivity index is 2.36. The zero-order chi connectivity index (χ0) is 12.3. The van der Waals surface area contributed by atoms with Crippen LogP contribution < -0.4 is 5.32 Å². The van der Waals surface area contributed by atoms with Crippen LogP contribution in [-0.2, 0) is 0 Å². The number of hydrogen-bond donors (Lipinski definition) is 1. The Morgan fingerprint density at radius 2 is 1.94 bits per heavy atom. The number of aryl methyl sites for hydroxylation is 2. The highest BCUT2D eigenvalue weighted by Gasteiger charge is 2.13. The van der Waals surface area contributed by atoms with Crippen LogP contribution in [-0.4, -0.2) is 17.0 Å². The molecular weight excluding hydrogens is 210 g/mol. The molecule has 0 aliphatic rings. The fraction of sp³-hybridized carbons (Fsp3) is 0.286. The number of nitrogens with zero attached hydrogens (tertiary/aromatic N) is 2. The summed E-state index contributed by atoms with van der Waals surface area (Å²) < 4.78 is 0. The molecule has 2 heterocycles. The van der Waals surface area contributed by atoms with Crippen molar-refractivity contribution < 1.29 is 0 Å². The van der Waals surface area contributed by atoms with E-state index in [1.165, 1.54) is 5.56 Å². The van der Waals surface area contributed by atoms with Gasteiger partial charge >= 0.3 is 0 Å². The molecule has 2 aromatic heterocycles. The average Bonchev–Trinajstić information content (AvgIpc) is 2.33. The molecule has 17 heavy (non-hydrogen) atoms. The molecule has 0 aromatic carbocycles. The smallest absolute Gasteiger partial charge is 0.0764 e. The highest BCUT2D eigenvalue weighted by Crippen LogP contribution is 2.19. The van der Waals surface area contributed by atoms with Gasteiger partial charge in [-0.2, -0.15) is 0 Å². The van der Waals surface area contributed by atoms with Gasteiger partial charge in [-0.25, -0.2) is 0 Å². The lowest BCUT2D eigenvalue weighted by Gasteiger charge is -2.16. The SMILES string of the molecule is CNC(c1ccc(C)nc1)c1cc(C)ccn1. The molecule has 2 aromatic rings. The summed E-state index contributed by atoms with van der Waals surface area (Å²) >= 11 is 0. The minimum absolute atomic E-state index is 0.1000. The van der Waals surface area contributed by atoms with Crippen molar-refractivity contribution in [2.45, 2.75) is 19.9 Å². The molecule has 0 radical (unpaired) electrons. The first-order valence-corrected chi connectivity index (χ1v) is 5.73. The van der Waals surface area contributed by atoms with Crippen LogP contribution in [0.2, 0.25) is 0 Å². The second-order valence-corrected chi connectivity index (χ2v) is 4.21. The molecule has 0 saturated carbocycles. The van der Waals surface area contributed by atoms with E-state index in [-0.39, 0.29) is 6.04 Å². The van der Waals surface area contributed by atoms with Crippen molar-refractivity contribution in [1.29, 1.82) is 0 Å². The molecule has 0 amide bonds. The van der Waals surface area contributed by atoms with Crippen LogP contribution in [0, 0.1) is 13.8 Å². The summed E-state index contributed by atoms with van der Waals surface area (Å²) in [6.45, 7) is 4.06. The molecule has 0 aliphatic carbocycles. The maximum atomic E-state index is 4.42. The first-order chi connectivity index (χ1) is 8.20. The topological polar surface area (TPSA) is 37.8 Å². The first kappa shape index (κ1) is 11.7. The monoisotopic (exact) mass is 227 g/mol. The molecule has 2 rings (SSSR count). The standard InChI is InChI=1S/C14H17N3/c1-10-6-7-16-13(8-10)14(15-3)12-5-4-11(2)17-9-12/h4-9,14-15H,1-3H3. The normalized spacial score (nSPS) is 12.4. The maximum Gasteiger partial charge on any atom is 0.0764 e. The fourth-order valence-electron chi connectivity index (χ4n) is 1.85. The van der Waals surface area contributed by atoms with Crippen molar-refractivity contribution in [2.75, 3.05) is 7.05 Å². The van der Waals surface area contributed by atoms with Crippen molar-refractivity contribution in [3.8, 4) is 0 Å². The Bertz CT molecular complexity index is 491. The summed E-state index contributed by atoms with van der Waals surface area (Å²) in [6.07, 6.45) is 3.75. The molecule has 1 atom stereocenters. The van der Waals surface area contributed by atoms with Gasteiger partial charge in [0.05, 0.1) is 11.7 Å². The molecule has 0 saturated heterocycles. The lowest BCUT2D eigenvalue weighted by molar-refractivity contribution is 0.667. The zero-order valence-corrected chi connectivity index (χ0v) is 10.4. The van der Waals surface area contributed by atoms with Crippen molar-refractivity contribution in [3.05, 3.63) is 59.2 Å². The van der Waals surface area contributed by atoms with Crippen LogP contribution in [0.25, 0.3) is 0 Å². The quantitative estimate of drug-likeness (QED) is 0.875. The van der Waals surface area contributed by atoms with Crippen molar-refractivity contribution in [3.63, 3.8) is 0 Å². The van der Waals surface area contributed by atoms with Gasteiger partial charge in [-0.05, 0) is 50.2 Å². The summed E-state index contributed by atoms with van der Waals surface area (Å²) in [5, 5.41) is 3.28. The third-order valence-corrected chi connectivity index (χ3v) is 2.79. The van der Waals surface area contributed by atoms with Crippen LogP contribution >= 0.6 is 0 Å². The van der Waals surface area contributed by atoms with Gasteiger partial charge in [0.2, 0.25) is 0 Å². The Kier molecular flexibility index (Phi) is 3.49. The molecule has 3 heteroatoms. The van der Waals surface area contributed by atoms with Gasteiger partial charge in [0, 0.05) is 18.1 Å². The van der Waals surface area contributed by atoms with Gasteiger partial charge in [0.15, 0.2) is 0 Å². The molecule has 88 valence electrons. The summed E-state index contributed by atoms with van der Waals surface area (Å²) in [5.41, 5.74) is 4.41. The number of aromatic nitrogens is 2. The Morgan fingerprint density at radius 3 is 2.53 bits per heavy atom. The third-order valence-electron chi connectivity index (χ3n) is 2.79. The molecule has 0 spiro atoms. The largest absolute Gasteiger partial charge is 0.308 e. The van der Waals surface area contributed by atoms with Crippen LogP contribution in [0.15, 0.2) is 36.7 Å². The van der Waals surface area contributed by atoms with Crippen LogP contribution in [0.5, 0.6) is 0 Å². The van der Waals surface area contributed by atoms with Gasteiger partial charge in [0.1, 0.15) is 0 Å². The van der Waals surface area contributed by atoms with Gasteiger partial charge in [-0.15, -0.1) is 0 Å². The van der Waals surface area contributed by atoms with E-state index in [0.717, 1.165) is 17.0 Å². The van der Waals surface area contributed by atoms with Crippen LogP contribution in [0.4, 0.5) is 0 Å². The molecule has 0 bridgehead atoms. The van der Waals surface area contributed by atoms with E-state index in [4.69, 9.17) is 0 Å². The van der Waals surface area contributed by atoms with Crippen molar-refractivity contribution in [2.24, 2.45) is 0 Å². The van der Waals surface area contributed by atoms with E-state index in [0.29, 0.717) is 0 Å². The number of pyridine rings is 2. The summed E-state index contributed by atoms with van der Waals surface area (Å²) in [7, 11) is 1.94. The Labute approximate surface area is 102 Å². The average molecular weight is 227 g/mol. The Hall–Kier alpha value is -1.74. The summed E-state index contributed by atoms with van der Waals surface area (Å²) in [5.74, 6) is 0. The second kappa shape index (κ2) is 5.06. The highest BCUT2D eigenvalue weighted by atomic mass is 14.9.